The molecular formula is C37H49N5O6S. The van der Waals surface area contributed by atoms with Crippen LogP contribution >= 0.6 is 0 Å². The lowest BCUT2D eigenvalue weighted by molar-refractivity contribution is -0.140. The molecule has 2 aromatic carbocycles. The van der Waals surface area contributed by atoms with Gasteiger partial charge < -0.3 is 20.7 Å². The van der Waals surface area contributed by atoms with Crippen molar-refractivity contribution in [1.29, 1.82) is 0 Å². The van der Waals surface area contributed by atoms with Crippen molar-refractivity contribution in [2.75, 3.05) is 51.3 Å². The molecule has 0 radical (unpaired) electrons. The average Bonchev–Trinajstić information content (AvgIpc) is 3.11. The van der Waals surface area contributed by atoms with Gasteiger partial charge in [-0.1, -0.05) is 48.9 Å². The van der Waals surface area contributed by atoms with Crippen LogP contribution in [-0.2, 0) is 35.6 Å². The summed E-state index contributed by atoms with van der Waals surface area (Å²) in [5.74, 6) is -0.368. The molecule has 49 heavy (non-hydrogen) atoms. The third-order valence-electron chi connectivity index (χ3n) is 10.6. The number of piperidine rings is 2. The fourth-order valence-electron chi connectivity index (χ4n) is 7.57. The molecule has 264 valence electrons. The maximum atomic E-state index is 13.9. The van der Waals surface area contributed by atoms with E-state index >= 15 is 0 Å². The first-order valence-corrected chi connectivity index (χ1v) is 19.2. The first-order chi connectivity index (χ1) is 23.7. The lowest BCUT2D eigenvalue weighted by Crippen LogP contribution is -2.58. The molecular weight excluding hydrogens is 643 g/mol. The van der Waals surface area contributed by atoms with Crippen molar-refractivity contribution in [3.05, 3.63) is 72.3 Å². The summed E-state index contributed by atoms with van der Waals surface area (Å²) in [5, 5.41) is 9.34. The number of sulfonamides is 1. The van der Waals surface area contributed by atoms with Gasteiger partial charge in [-0.2, -0.15) is 4.31 Å². The van der Waals surface area contributed by atoms with E-state index in [4.69, 9.17) is 4.74 Å². The van der Waals surface area contributed by atoms with Gasteiger partial charge in [0.25, 0.3) is 0 Å². The second-order valence-electron chi connectivity index (χ2n) is 14.0. The summed E-state index contributed by atoms with van der Waals surface area (Å²) in [6.45, 7) is 3.55. The molecule has 0 aliphatic carbocycles. The Hall–Kier alpha value is -3.58. The monoisotopic (exact) mass is 691 g/mol. The molecule has 0 bridgehead atoms. The highest BCUT2D eigenvalue weighted by atomic mass is 32.2. The molecule has 0 unspecified atom stereocenters. The van der Waals surface area contributed by atoms with E-state index in [0.717, 1.165) is 24.8 Å². The molecule has 11 nitrogen and oxygen atoms in total. The van der Waals surface area contributed by atoms with E-state index < -0.39 is 21.5 Å². The molecule has 3 fully saturated rings. The molecule has 4 aliphatic heterocycles. The van der Waals surface area contributed by atoms with Crippen LogP contribution in [-0.4, -0.2) is 93.4 Å². The molecule has 3 N–H and O–H groups in total. The third kappa shape index (κ3) is 8.78. The van der Waals surface area contributed by atoms with Crippen LogP contribution in [0.25, 0.3) is 0 Å². The van der Waals surface area contributed by atoms with E-state index in [1.165, 1.54) is 4.31 Å². The number of fused-ring (bicyclic) bond motifs is 1. The fourth-order valence-corrected chi connectivity index (χ4v) is 9.08. The Morgan fingerprint density at radius 1 is 0.918 bits per heavy atom. The van der Waals surface area contributed by atoms with Gasteiger partial charge in [-0.05, 0) is 80.7 Å². The molecule has 4 heterocycles. The number of amides is 3. The fraction of sp³-hybridized carbons (Fsp3) is 0.541. The van der Waals surface area contributed by atoms with E-state index in [1.807, 2.05) is 30.3 Å². The minimum absolute atomic E-state index is 0.0826. The zero-order valence-electron chi connectivity index (χ0n) is 28.1. The SMILES string of the molecule is O=C(CN1CC[C@H]2NC(=O)[C@@H](Cc3ccccc3)NC(=O)C3(C/C=C/C[C@H]2C1)CCOCC3)Nc1ccc(S(=O)(=O)N2CCCCC2)cc1. The summed E-state index contributed by atoms with van der Waals surface area (Å²) < 4.78 is 33.2. The number of nitrogens with zero attached hydrogens (tertiary/aromatic N) is 2. The number of carbonyl (C=O) groups is 3. The number of likely N-dealkylation sites (tertiary alicyclic amines) is 1. The normalized spacial score (nSPS) is 26.3. The average molecular weight is 692 g/mol. The van der Waals surface area contributed by atoms with E-state index in [9.17, 15) is 22.8 Å². The highest BCUT2D eigenvalue weighted by molar-refractivity contribution is 7.89. The van der Waals surface area contributed by atoms with Crippen molar-refractivity contribution >= 4 is 33.4 Å². The molecule has 3 saturated heterocycles. The van der Waals surface area contributed by atoms with Crippen molar-refractivity contribution in [1.82, 2.24) is 19.8 Å². The summed E-state index contributed by atoms with van der Waals surface area (Å²) in [6, 6.07) is 15.4. The molecule has 4 aliphatic rings. The minimum Gasteiger partial charge on any atom is -0.381 e. The smallest absolute Gasteiger partial charge is 0.243 e. The summed E-state index contributed by atoms with van der Waals surface area (Å²) in [5.41, 5.74) is 0.911. The Bertz CT molecular complexity index is 1590. The number of rotatable bonds is 7. The maximum absolute atomic E-state index is 13.9. The minimum atomic E-state index is -3.54. The quantitative estimate of drug-likeness (QED) is 0.379. The lowest BCUT2D eigenvalue weighted by atomic mass is 9.75. The number of carbonyl (C=O) groups excluding carboxylic acids is 3. The van der Waals surface area contributed by atoms with Gasteiger partial charge in [0, 0.05) is 57.5 Å². The van der Waals surface area contributed by atoms with Crippen LogP contribution in [0, 0.1) is 11.3 Å². The number of ether oxygens (including phenoxy) is 1. The Balaban J connectivity index is 1.11. The highest BCUT2D eigenvalue weighted by Crippen LogP contribution is 2.36. The first kappa shape index (κ1) is 35.3. The molecule has 12 heteroatoms. The molecule has 0 aromatic heterocycles. The maximum Gasteiger partial charge on any atom is 0.243 e. The Labute approximate surface area is 289 Å². The highest BCUT2D eigenvalue weighted by Gasteiger charge is 2.41. The predicted octanol–water partition coefficient (Wildman–Crippen LogP) is 3.48. The number of benzene rings is 2. The summed E-state index contributed by atoms with van der Waals surface area (Å²) >= 11 is 0. The van der Waals surface area contributed by atoms with Gasteiger partial charge in [-0.25, -0.2) is 8.42 Å². The van der Waals surface area contributed by atoms with E-state index in [0.29, 0.717) is 83.6 Å². The van der Waals surface area contributed by atoms with Gasteiger partial charge in [0.15, 0.2) is 0 Å². The Kier molecular flexibility index (Phi) is 11.5. The molecule has 3 atom stereocenters. The van der Waals surface area contributed by atoms with Crippen molar-refractivity contribution in [2.24, 2.45) is 11.3 Å². The van der Waals surface area contributed by atoms with Crippen molar-refractivity contribution in [3.63, 3.8) is 0 Å². The molecule has 2 aromatic rings. The molecule has 6 rings (SSSR count). The van der Waals surface area contributed by atoms with E-state index in [1.54, 1.807) is 24.3 Å². The number of hydrogen-bond donors (Lipinski definition) is 3. The number of allylic oxidation sites excluding steroid dienone is 2. The lowest BCUT2D eigenvalue weighted by Gasteiger charge is -2.40. The molecule has 3 amide bonds. The Morgan fingerprint density at radius 3 is 2.39 bits per heavy atom. The van der Waals surface area contributed by atoms with Crippen LogP contribution in [0.4, 0.5) is 5.69 Å². The van der Waals surface area contributed by atoms with Gasteiger partial charge in [0.05, 0.1) is 16.9 Å². The number of hydrogen-bond acceptors (Lipinski definition) is 7. The topological polar surface area (TPSA) is 137 Å². The van der Waals surface area contributed by atoms with E-state index in [2.05, 4.69) is 33.0 Å². The van der Waals surface area contributed by atoms with Crippen LogP contribution in [0.2, 0.25) is 0 Å². The summed E-state index contributed by atoms with van der Waals surface area (Å²) in [7, 11) is -3.54. The van der Waals surface area contributed by atoms with Crippen LogP contribution in [0.1, 0.15) is 56.9 Å². The van der Waals surface area contributed by atoms with Crippen molar-refractivity contribution in [3.8, 4) is 0 Å². The van der Waals surface area contributed by atoms with Crippen molar-refractivity contribution < 1.29 is 27.5 Å². The van der Waals surface area contributed by atoms with E-state index in [-0.39, 0.29) is 41.1 Å². The first-order valence-electron chi connectivity index (χ1n) is 17.7. The summed E-state index contributed by atoms with van der Waals surface area (Å²) in [4.78, 5) is 43.1. The van der Waals surface area contributed by atoms with Gasteiger partial charge in [0.1, 0.15) is 6.04 Å². The molecule has 0 saturated carbocycles. The van der Waals surface area contributed by atoms with Crippen LogP contribution < -0.4 is 16.0 Å². The van der Waals surface area contributed by atoms with Crippen LogP contribution in [0.15, 0.2) is 71.6 Å². The van der Waals surface area contributed by atoms with Gasteiger partial charge in [-0.15, -0.1) is 0 Å². The second kappa shape index (κ2) is 16.0. The number of nitrogens with one attached hydrogen (secondary N) is 3. The predicted molar refractivity (Wildman–Crippen MR) is 187 cm³/mol. The number of anilines is 1. The van der Waals surface area contributed by atoms with Crippen LogP contribution in [0.5, 0.6) is 0 Å². The van der Waals surface area contributed by atoms with Gasteiger partial charge in [0.2, 0.25) is 27.7 Å². The second-order valence-corrected chi connectivity index (χ2v) is 15.9. The largest absolute Gasteiger partial charge is 0.381 e. The van der Waals surface area contributed by atoms with Gasteiger partial charge >= 0.3 is 0 Å². The molecule has 1 spiro atoms. The van der Waals surface area contributed by atoms with Crippen molar-refractivity contribution in [2.45, 2.75) is 74.8 Å². The standard InChI is InChI=1S/C37H49N5O6S/c43-34(38-30-12-14-31(15-13-30)49(46,47)42-20-7-2-8-21-42)27-41-22-16-32-29(26-41)11-5-6-17-37(18-23-48-24-19-37)36(45)40-33(35(44)39-32)25-28-9-3-1-4-10-28/h1,3-6,9-10,12-15,29,32-33H,2,7-8,11,16-27H2,(H,38,43)(H,39,44)(H,40,45)/b6-5+/t29-,32+,33+/m0/s1. The summed E-state index contributed by atoms with van der Waals surface area (Å²) in [6.07, 6.45) is 10.6. The zero-order valence-corrected chi connectivity index (χ0v) is 29.0. The Morgan fingerprint density at radius 2 is 1.65 bits per heavy atom. The van der Waals surface area contributed by atoms with Gasteiger partial charge in [-0.3, -0.25) is 19.3 Å². The third-order valence-corrected chi connectivity index (χ3v) is 12.5. The van der Waals surface area contributed by atoms with Crippen LogP contribution in [0.3, 0.4) is 0 Å². The zero-order chi connectivity index (χ0) is 34.3.